The predicted octanol–water partition coefficient (Wildman–Crippen LogP) is 4.31. The van der Waals surface area contributed by atoms with Crippen LogP contribution in [0, 0.1) is 6.92 Å². The van der Waals surface area contributed by atoms with Crippen molar-refractivity contribution in [3.63, 3.8) is 0 Å². The molecule has 2 heteroatoms. The van der Waals surface area contributed by atoms with Crippen molar-refractivity contribution < 1.29 is 9.53 Å². The maximum Gasteiger partial charge on any atom is 0.303 e. The van der Waals surface area contributed by atoms with E-state index in [9.17, 15) is 4.79 Å². The maximum absolute atomic E-state index is 11.3. The van der Waals surface area contributed by atoms with Gasteiger partial charge >= 0.3 is 5.97 Å². The number of carbonyl (C=O) groups is 1. The molecule has 0 aliphatic heterocycles. The predicted molar refractivity (Wildman–Crippen MR) is 81.2 cm³/mol. The third-order valence-corrected chi connectivity index (χ3v) is 3.05. The first-order valence-corrected chi connectivity index (χ1v) is 6.63. The average molecular weight is 266 g/mol. The van der Waals surface area contributed by atoms with Crippen LogP contribution in [0.4, 0.5) is 0 Å². The third-order valence-electron chi connectivity index (χ3n) is 3.05. The molecule has 0 bridgehead atoms. The van der Waals surface area contributed by atoms with Gasteiger partial charge in [-0.1, -0.05) is 60.7 Å². The van der Waals surface area contributed by atoms with Crippen LogP contribution >= 0.6 is 0 Å². The molecule has 2 nitrogen and oxygen atoms in total. The summed E-state index contributed by atoms with van der Waals surface area (Å²) in [4.78, 5) is 11.3. The van der Waals surface area contributed by atoms with E-state index in [-0.39, 0.29) is 12.1 Å². The van der Waals surface area contributed by atoms with E-state index < -0.39 is 0 Å². The minimum atomic E-state index is -0.353. The zero-order valence-electron chi connectivity index (χ0n) is 11.7. The molecule has 0 heterocycles. The molecule has 2 aromatic carbocycles. The molecule has 0 radical (unpaired) electrons. The van der Waals surface area contributed by atoms with Crippen LogP contribution in [0.3, 0.4) is 0 Å². The molecule has 0 fully saturated rings. The molecule has 2 rings (SSSR count). The summed E-state index contributed by atoms with van der Waals surface area (Å²) in [7, 11) is 0. The maximum atomic E-state index is 11.3. The molecule has 1 atom stereocenters. The summed E-state index contributed by atoms with van der Waals surface area (Å²) in [5.41, 5.74) is 3.20. The lowest BCUT2D eigenvalue weighted by Gasteiger charge is -2.15. The first kappa shape index (κ1) is 14.1. The summed E-state index contributed by atoms with van der Waals surface area (Å²) >= 11 is 0. The molecule has 0 N–H and O–H groups in total. The number of carbonyl (C=O) groups excluding carboxylic acids is 1. The SMILES string of the molecule is CC(=O)O[C@H](/C=C/c1ccccc1)c1ccccc1C. The molecular weight excluding hydrogens is 248 g/mol. The number of esters is 1. The molecule has 0 aliphatic carbocycles. The van der Waals surface area contributed by atoms with Crippen molar-refractivity contribution in [2.24, 2.45) is 0 Å². The number of hydrogen-bond donors (Lipinski definition) is 0. The molecule has 0 aliphatic rings. The van der Waals surface area contributed by atoms with Crippen LogP contribution in [0.25, 0.3) is 6.08 Å². The highest BCUT2D eigenvalue weighted by Gasteiger charge is 2.13. The Morgan fingerprint density at radius 1 is 1.05 bits per heavy atom. The van der Waals surface area contributed by atoms with Crippen molar-refractivity contribution >= 4 is 12.0 Å². The Hall–Kier alpha value is -2.35. The summed E-state index contributed by atoms with van der Waals surface area (Å²) in [6.45, 7) is 3.45. The van der Waals surface area contributed by atoms with Gasteiger partial charge in [0.15, 0.2) is 0 Å². The molecule has 0 aromatic heterocycles. The van der Waals surface area contributed by atoms with Crippen molar-refractivity contribution in [1.29, 1.82) is 0 Å². The second-order valence-electron chi connectivity index (χ2n) is 4.66. The van der Waals surface area contributed by atoms with E-state index in [1.165, 1.54) is 6.92 Å². The lowest BCUT2D eigenvalue weighted by atomic mass is 10.0. The fourth-order valence-corrected chi connectivity index (χ4v) is 2.05. The van der Waals surface area contributed by atoms with Gasteiger partial charge in [-0.05, 0) is 29.7 Å². The van der Waals surface area contributed by atoms with E-state index in [4.69, 9.17) is 4.74 Å². The van der Waals surface area contributed by atoms with Crippen LogP contribution in [-0.4, -0.2) is 5.97 Å². The van der Waals surface area contributed by atoms with Gasteiger partial charge in [-0.2, -0.15) is 0 Å². The zero-order chi connectivity index (χ0) is 14.4. The van der Waals surface area contributed by atoms with E-state index in [0.29, 0.717) is 0 Å². The van der Waals surface area contributed by atoms with E-state index >= 15 is 0 Å². The van der Waals surface area contributed by atoms with Crippen molar-refractivity contribution in [1.82, 2.24) is 0 Å². The van der Waals surface area contributed by atoms with Gasteiger partial charge in [0.25, 0.3) is 0 Å². The Kier molecular flexibility index (Phi) is 4.72. The number of benzene rings is 2. The molecule has 0 unspecified atom stereocenters. The van der Waals surface area contributed by atoms with Crippen LogP contribution in [0.15, 0.2) is 60.7 Å². The Bertz CT molecular complexity index is 600. The Balaban J connectivity index is 2.27. The number of rotatable bonds is 4. The molecular formula is C18H18O2. The molecule has 2 aromatic rings. The summed E-state index contributed by atoms with van der Waals surface area (Å²) < 4.78 is 5.41. The lowest BCUT2D eigenvalue weighted by Crippen LogP contribution is -2.07. The fourth-order valence-electron chi connectivity index (χ4n) is 2.05. The number of ether oxygens (including phenoxy) is 1. The summed E-state index contributed by atoms with van der Waals surface area (Å²) in [6, 6.07) is 17.9. The van der Waals surface area contributed by atoms with Gasteiger partial charge in [0.05, 0.1) is 0 Å². The van der Waals surface area contributed by atoms with Crippen molar-refractivity contribution in [2.75, 3.05) is 0 Å². The second kappa shape index (κ2) is 6.71. The first-order chi connectivity index (χ1) is 9.66. The minimum Gasteiger partial charge on any atom is -0.453 e. The highest BCUT2D eigenvalue weighted by molar-refractivity contribution is 5.67. The van der Waals surface area contributed by atoms with Gasteiger partial charge in [-0.15, -0.1) is 0 Å². The van der Waals surface area contributed by atoms with Gasteiger partial charge in [-0.25, -0.2) is 0 Å². The normalized spacial score (nSPS) is 12.3. The minimum absolute atomic E-state index is 0.282. The van der Waals surface area contributed by atoms with Gasteiger partial charge < -0.3 is 4.74 Å². The molecule has 0 saturated heterocycles. The quantitative estimate of drug-likeness (QED) is 0.771. The first-order valence-electron chi connectivity index (χ1n) is 6.63. The number of hydrogen-bond acceptors (Lipinski definition) is 2. The smallest absolute Gasteiger partial charge is 0.303 e. The summed E-state index contributed by atoms with van der Waals surface area (Å²) in [6.07, 6.45) is 3.54. The largest absolute Gasteiger partial charge is 0.453 e. The molecule has 20 heavy (non-hydrogen) atoms. The van der Waals surface area contributed by atoms with E-state index in [1.807, 2.05) is 73.7 Å². The van der Waals surface area contributed by atoms with Crippen LogP contribution in [-0.2, 0) is 9.53 Å². The van der Waals surface area contributed by atoms with Crippen LogP contribution in [0.1, 0.15) is 29.7 Å². The Labute approximate surface area is 119 Å². The van der Waals surface area contributed by atoms with E-state index in [0.717, 1.165) is 16.7 Å². The van der Waals surface area contributed by atoms with Crippen molar-refractivity contribution in [3.05, 3.63) is 77.4 Å². The summed E-state index contributed by atoms with van der Waals surface area (Å²) in [5, 5.41) is 0. The third kappa shape index (κ3) is 3.82. The average Bonchev–Trinajstić information content (AvgIpc) is 2.45. The highest BCUT2D eigenvalue weighted by atomic mass is 16.5. The Morgan fingerprint density at radius 2 is 1.70 bits per heavy atom. The Morgan fingerprint density at radius 3 is 2.35 bits per heavy atom. The lowest BCUT2D eigenvalue weighted by molar-refractivity contribution is -0.144. The van der Waals surface area contributed by atoms with Crippen LogP contribution < -0.4 is 0 Å². The van der Waals surface area contributed by atoms with Crippen LogP contribution in [0.5, 0.6) is 0 Å². The summed E-state index contributed by atoms with van der Waals surface area (Å²) in [5.74, 6) is -0.282. The molecule has 102 valence electrons. The van der Waals surface area contributed by atoms with Gasteiger partial charge in [0.1, 0.15) is 6.10 Å². The van der Waals surface area contributed by atoms with Crippen LogP contribution in [0.2, 0.25) is 0 Å². The highest BCUT2D eigenvalue weighted by Crippen LogP contribution is 2.23. The molecule has 0 saturated carbocycles. The standard InChI is InChI=1S/C18H18O2/c1-14-8-6-7-11-17(14)18(20-15(2)19)13-12-16-9-4-3-5-10-16/h3-13,18H,1-2H3/b13-12+/t18-/m1/s1. The van der Waals surface area contributed by atoms with Gasteiger partial charge in [0, 0.05) is 6.92 Å². The monoisotopic (exact) mass is 266 g/mol. The van der Waals surface area contributed by atoms with Crippen molar-refractivity contribution in [3.8, 4) is 0 Å². The van der Waals surface area contributed by atoms with E-state index in [1.54, 1.807) is 0 Å². The molecule has 0 spiro atoms. The topological polar surface area (TPSA) is 26.3 Å². The molecule has 0 amide bonds. The zero-order valence-corrected chi connectivity index (χ0v) is 11.7. The fraction of sp³-hybridized carbons (Fsp3) is 0.167. The second-order valence-corrected chi connectivity index (χ2v) is 4.66. The van der Waals surface area contributed by atoms with Gasteiger partial charge in [0.2, 0.25) is 0 Å². The van der Waals surface area contributed by atoms with E-state index in [2.05, 4.69) is 0 Å². The number of aryl methyl sites for hydroxylation is 1. The van der Waals surface area contributed by atoms with Crippen molar-refractivity contribution in [2.45, 2.75) is 20.0 Å². The van der Waals surface area contributed by atoms with Gasteiger partial charge in [-0.3, -0.25) is 4.79 Å².